The molecular weight excluding hydrogens is 362 g/mol. The number of carbonyl (C=O) groups excluding carboxylic acids is 1. The van der Waals surface area contributed by atoms with E-state index in [1.807, 2.05) is 40.9 Å². The third kappa shape index (κ3) is 2.82. The SMILES string of the molecule is CNC(=O)c1cc2c(N3C[C@H](C)C[C@H](C)C3)ccnc2n2c1nc1ccccc12. The normalized spacial score (nSPS) is 19.9. The van der Waals surface area contributed by atoms with Crippen molar-refractivity contribution in [3.05, 3.63) is 48.2 Å². The van der Waals surface area contributed by atoms with Gasteiger partial charge in [0.25, 0.3) is 5.91 Å². The number of piperidine rings is 1. The third-order valence-corrected chi connectivity index (χ3v) is 5.93. The Labute approximate surface area is 169 Å². The molecule has 0 bridgehead atoms. The maximum atomic E-state index is 12.7. The van der Waals surface area contributed by atoms with Gasteiger partial charge in [-0.15, -0.1) is 0 Å². The lowest BCUT2D eigenvalue weighted by molar-refractivity contribution is 0.0964. The fourth-order valence-electron chi connectivity index (χ4n) is 4.84. The molecule has 5 rings (SSSR count). The zero-order valence-electron chi connectivity index (χ0n) is 17.0. The first-order chi connectivity index (χ1) is 14.1. The van der Waals surface area contributed by atoms with Crippen LogP contribution in [0.2, 0.25) is 0 Å². The van der Waals surface area contributed by atoms with E-state index in [4.69, 9.17) is 9.97 Å². The molecule has 6 heteroatoms. The number of para-hydroxylation sites is 2. The Kier molecular flexibility index (Phi) is 4.15. The summed E-state index contributed by atoms with van der Waals surface area (Å²) < 4.78 is 2.02. The van der Waals surface area contributed by atoms with Crippen molar-refractivity contribution in [2.75, 3.05) is 25.0 Å². The lowest BCUT2D eigenvalue weighted by atomic mass is 9.91. The highest BCUT2D eigenvalue weighted by molar-refractivity contribution is 6.07. The molecule has 1 aliphatic heterocycles. The molecule has 4 aromatic rings. The summed E-state index contributed by atoms with van der Waals surface area (Å²) in [6.45, 7) is 6.65. The summed E-state index contributed by atoms with van der Waals surface area (Å²) in [5.41, 5.74) is 5.01. The number of aromatic nitrogens is 3. The fraction of sp³-hybridized carbons (Fsp3) is 0.348. The summed E-state index contributed by atoms with van der Waals surface area (Å²) >= 11 is 0. The number of amides is 1. The summed E-state index contributed by atoms with van der Waals surface area (Å²) in [6, 6.07) is 12.0. The molecule has 0 spiro atoms. The second-order valence-corrected chi connectivity index (χ2v) is 8.32. The quantitative estimate of drug-likeness (QED) is 0.567. The van der Waals surface area contributed by atoms with E-state index in [-0.39, 0.29) is 5.91 Å². The van der Waals surface area contributed by atoms with Gasteiger partial charge in [0, 0.05) is 37.4 Å². The Balaban J connectivity index is 1.86. The van der Waals surface area contributed by atoms with Gasteiger partial charge in [-0.05, 0) is 42.5 Å². The third-order valence-electron chi connectivity index (χ3n) is 5.93. The molecule has 1 N–H and O–H groups in total. The van der Waals surface area contributed by atoms with Crippen LogP contribution < -0.4 is 10.2 Å². The molecule has 148 valence electrons. The Morgan fingerprint density at radius 2 is 1.86 bits per heavy atom. The number of nitrogens with zero attached hydrogens (tertiary/aromatic N) is 4. The van der Waals surface area contributed by atoms with E-state index in [0.29, 0.717) is 23.0 Å². The molecule has 1 amide bonds. The largest absolute Gasteiger partial charge is 0.370 e. The Morgan fingerprint density at radius 1 is 1.10 bits per heavy atom. The van der Waals surface area contributed by atoms with Crippen LogP contribution in [0, 0.1) is 11.8 Å². The van der Waals surface area contributed by atoms with Crippen molar-refractivity contribution in [2.45, 2.75) is 20.3 Å². The minimum atomic E-state index is -0.137. The summed E-state index contributed by atoms with van der Waals surface area (Å²) in [5, 5.41) is 3.76. The second-order valence-electron chi connectivity index (χ2n) is 8.32. The molecule has 1 aliphatic rings. The van der Waals surface area contributed by atoms with E-state index in [2.05, 4.69) is 30.1 Å². The van der Waals surface area contributed by atoms with Crippen LogP contribution in [0.3, 0.4) is 0 Å². The van der Waals surface area contributed by atoms with Crippen molar-refractivity contribution >= 4 is 39.3 Å². The van der Waals surface area contributed by atoms with E-state index in [1.165, 1.54) is 6.42 Å². The fourth-order valence-corrected chi connectivity index (χ4v) is 4.84. The number of benzene rings is 1. The average Bonchev–Trinajstić information content (AvgIpc) is 3.11. The van der Waals surface area contributed by atoms with Crippen molar-refractivity contribution in [2.24, 2.45) is 11.8 Å². The molecule has 0 saturated carbocycles. The molecule has 1 fully saturated rings. The number of anilines is 1. The van der Waals surface area contributed by atoms with Crippen LogP contribution in [0.5, 0.6) is 0 Å². The summed E-state index contributed by atoms with van der Waals surface area (Å²) in [4.78, 5) is 24.7. The number of nitrogens with one attached hydrogen (secondary N) is 1. The number of carbonyl (C=O) groups is 1. The number of rotatable bonds is 2. The van der Waals surface area contributed by atoms with E-state index in [0.717, 1.165) is 40.8 Å². The van der Waals surface area contributed by atoms with Crippen molar-refractivity contribution in [1.29, 1.82) is 0 Å². The molecule has 1 saturated heterocycles. The highest BCUT2D eigenvalue weighted by atomic mass is 16.1. The molecule has 2 atom stereocenters. The molecule has 4 heterocycles. The standard InChI is InChI=1S/C23H25N5O/c1-14-10-15(2)13-27(12-14)19-8-9-25-21-16(19)11-17(23(29)24-3)22-26-18-6-4-5-7-20(18)28(21)22/h4-9,11,14-15H,10,12-13H2,1-3H3,(H,24,29)/t14-,15+. The van der Waals surface area contributed by atoms with Gasteiger partial charge in [-0.3, -0.25) is 9.20 Å². The number of hydrogen-bond donors (Lipinski definition) is 1. The van der Waals surface area contributed by atoms with Gasteiger partial charge in [0.2, 0.25) is 0 Å². The highest BCUT2D eigenvalue weighted by Crippen LogP contribution is 2.34. The maximum absolute atomic E-state index is 12.7. The maximum Gasteiger partial charge on any atom is 0.254 e. The first-order valence-electron chi connectivity index (χ1n) is 10.2. The zero-order chi connectivity index (χ0) is 20.1. The van der Waals surface area contributed by atoms with Gasteiger partial charge < -0.3 is 10.2 Å². The number of fused-ring (bicyclic) bond motifs is 5. The van der Waals surface area contributed by atoms with Crippen LogP contribution in [0.1, 0.15) is 30.6 Å². The first kappa shape index (κ1) is 17.9. The molecule has 29 heavy (non-hydrogen) atoms. The molecule has 1 aromatic carbocycles. The summed E-state index contributed by atoms with van der Waals surface area (Å²) in [7, 11) is 1.66. The highest BCUT2D eigenvalue weighted by Gasteiger charge is 2.25. The second kappa shape index (κ2) is 6.72. The van der Waals surface area contributed by atoms with E-state index >= 15 is 0 Å². The monoisotopic (exact) mass is 387 g/mol. The van der Waals surface area contributed by atoms with Crippen molar-refractivity contribution in [3.63, 3.8) is 0 Å². The molecule has 6 nitrogen and oxygen atoms in total. The van der Waals surface area contributed by atoms with Crippen LogP contribution in [-0.2, 0) is 0 Å². The van der Waals surface area contributed by atoms with Crippen LogP contribution in [0.15, 0.2) is 42.6 Å². The van der Waals surface area contributed by atoms with Crippen LogP contribution >= 0.6 is 0 Å². The van der Waals surface area contributed by atoms with Crippen molar-refractivity contribution < 1.29 is 4.79 Å². The Hall–Kier alpha value is -3.15. The predicted octanol–water partition coefficient (Wildman–Crippen LogP) is 3.88. The molecule has 0 radical (unpaired) electrons. The van der Waals surface area contributed by atoms with Gasteiger partial charge in [-0.1, -0.05) is 26.0 Å². The van der Waals surface area contributed by atoms with Gasteiger partial charge in [-0.25, -0.2) is 9.97 Å². The molecule has 0 aliphatic carbocycles. The van der Waals surface area contributed by atoms with Crippen molar-refractivity contribution in [3.8, 4) is 0 Å². The molecule has 0 unspecified atom stereocenters. The number of pyridine rings is 2. The lowest BCUT2D eigenvalue weighted by Crippen LogP contribution is -2.38. The zero-order valence-corrected chi connectivity index (χ0v) is 17.0. The number of hydrogen-bond acceptors (Lipinski definition) is 4. The van der Waals surface area contributed by atoms with Gasteiger partial charge >= 0.3 is 0 Å². The molecular formula is C23H25N5O. The van der Waals surface area contributed by atoms with Crippen LogP contribution in [0.4, 0.5) is 5.69 Å². The van der Waals surface area contributed by atoms with Crippen molar-refractivity contribution in [1.82, 2.24) is 19.7 Å². The van der Waals surface area contributed by atoms with E-state index in [9.17, 15) is 4.79 Å². The van der Waals surface area contributed by atoms with Crippen LogP contribution in [0.25, 0.3) is 27.7 Å². The van der Waals surface area contributed by atoms with E-state index in [1.54, 1.807) is 7.05 Å². The average molecular weight is 387 g/mol. The topological polar surface area (TPSA) is 62.5 Å². The first-order valence-corrected chi connectivity index (χ1v) is 10.2. The van der Waals surface area contributed by atoms with Gasteiger partial charge in [0.05, 0.1) is 16.6 Å². The summed E-state index contributed by atoms with van der Waals surface area (Å²) in [6.07, 6.45) is 3.12. The van der Waals surface area contributed by atoms with Gasteiger partial charge in [-0.2, -0.15) is 0 Å². The van der Waals surface area contributed by atoms with Gasteiger partial charge in [0.15, 0.2) is 5.65 Å². The minimum absolute atomic E-state index is 0.137. The smallest absolute Gasteiger partial charge is 0.254 e. The minimum Gasteiger partial charge on any atom is -0.370 e. The summed E-state index contributed by atoms with van der Waals surface area (Å²) in [5.74, 6) is 1.14. The van der Waals surface area contributed by atoms with E-state index < -0.39 is 0 Å². The molecule has 3 aromatic heterocycles. The lowest BCUT2D eigenvalue weighted by Gasteiger charge is -2.37. The van der Waals surface area contributed by atoms with Crippen LogP contribution in [-0.4, -0.2) is 40.4 Å². The number of imidazole rings is 1. The Morgan fingerprint density at radius 3 is 2.62 bits per heavy atom. The Bertz CT molecular complexity index is 1230. The predicted molar refractivity (Wildman–Crippen MR) is 117 cm³/mol. The van der Waals surface area contributed by atoms with Gasteiger partial charge in [0.1, 0.15) is 5.65 Å².